The molecule has 1 atom stereocenters. The molecule has 1 saturated heterocycles. The maximum absolute atomic E-state index is 14.2. The van der Waals surface area contributed by atoms with Gasteiger partial charge >= 0.3 is 12.1 Å². The molecule has 1 aromatic rings. The Morgan fingerprint density at radius 3 is 2.52 bits per heavy atom. The van der Waals surface area contributed by atoms with Crippen LogP contribution in [0.5, 0.6) is 0 Å². The third-order valence-electron chi connectivity index (χ3n) is 3.74. The van der Waals surface area contributed by atoms with Gasteiger partial charge in [0.05, 0.1) is 5.69 Å². The van der Waals surface area contributed by atoms with Gasteiger partial charge in [0.25, 0.3) is 0 Å². The lowest BCUT2D eigenvalue weighted by Crippen LogP contribution is -2.59. The second kappa shape index (κ2) is 7.08. The minimum Gasteiger partial charge on any atom is -0.480 e. The highest BCUT2D eigenvalue weighted by molar-refractivity contribution is 5.82. The van der Waals surface area contributed by atoms with Crippen LogP contribution in [0.2, 0.25) is 0 Å². The number of anilines is 1. The number of halogens is 1. The van der Waals surface area contributed by atoms with E-state index in [1.165, 1.54) is 12.1 Å². The zero-order valence-corrected chi connectivity index (χ0v) is 14.4. The first kappa shape index (κ1) is 18.7. The Bertz CT molecular complexity index is 686. The lowest BCUT2D eigenvalue weighted by atomic mass is 10.1. The average molecular weight is 352 g/mol. The molecule has 1 aromatic carbocycles. The van der Waals surface area contributed by atoms with Gasteiger partial charge in [0.2, 0.25) is 0 Å². The summed E-state index contributed by atoms with van der Waals surface area (Å²) < 4.78 is 19.4. The zero-order valence-electron chi connectivity index (χ0n) is 14.4. The molecule has 0 aliphatic carbocycles. The van der Waals surface area contributed by atoms with Gasteiger partial charge in [-0.05, 0) is 39.0 Å². The number of rotatable bonds is 3. The number of ether oxygens (including phenoxy) is 1. The van der Waals surface area contributed by atoms with Crippen molar-refractivity contribution >= 4 is 24.0 Å². The fourth-order valence-electron chi connectivity index (χ4n) is 2.61. The molecule has 7 nitrogen and oxygen atoms in total. The third-order valence-corrected chi connectivity index (χ3v) is 3.74. The summed E-state index contributed by atoms with van der Waals surface area (Å²) in [4.78, 5) is 37.2. The molecule has 8 heteroatoms. The van der Waals surface area contributed by atoms with Crippen molar-refractivity contribution < 1.29 is 28.6 Å². The van der Waals surface area contributed by atoms with Crippen LogP contribution in [0.25, 0.3) is 0 Å². The maximum atomic E-state index is 14.2. The Morgan fingerprint density at radius 2 is 2.00 bits per heavy atom. The highest BCUT2D eigenvalue weighted by atomic mass is 19.1. The first-order valence-electron chi connectivity index (χ1n) is 7.84. The predicted octanol–water partition coefficient (Wildman–Crippen LogP) is 2.15. The molecule has 1 unspecified atom stereocenters. The van der Waals surface area contributed by atoms with E-state index in [4.69, 9.17) is 4.74 Å². The van der Waals surface area contributed by atoms with Crippen LogP contribution in [0.15, 0.2) is 18.2 Å². The second-order valence-electron chi connectivity index (χ2n) is 6.80. The monoisotopic (exact) mass is 352 g/mol. The summed E-state index contributed by atoms with van der Waals surface area (Å²) in [6.45, 7) is 5.34. The van der Waals surface area contributed by atoms with Crippen molar-refractivity contribution in [3.05, 3.63) is 29.6 Å². The normalized spacial score (nSPS) is 18.0. The Balaban J connectivity index is 2.20. The molecule has 25 heavy (non-hydrogen) atoms. The minimum atomic E-state index is -1.19. The van der Waals surface area contributed by atoms with Gasteiger partial charge in [-0.3, -0.25) is 9.69 Å². The van der Waals surface area contributed by atoms with Crippen molar-refractivity contribution in [1.82, 2.24) is 4.90 Å². The van der Waals surface area contributed by atoms with E-state index in [0.29, 0.717) is 6.29 Å². The first-order valence-corrected chi connectivity index (χ1v) is 7.84. The van der Waals surface area contributed by atoms with E-state index in [1.807, 2.05) is 0 Å². The lowest BCUT2D eigenvalue weighted by Gasteiger charge is -2.40. The maximum Gasteiger partial charge on any atom is 0.411 e. The number of carboxylic acid groups (broad SMARTS) is 1. The molecule has 1 amide bonds. The van der Waals surface area contributed by atoms with E-state index in [0.717, 1.165) is 11.0 Å². The summed E-state index contributed by atoms with van der Waals surface area (Å²) >= 11 is 0. The number of aldehydes is 1. The molecule has 0 spiro atoms. The van der Waals surface area contributed by atoms with Crippen LogP contribution in [0.4, 0.5) is 14.9 Å². The Hall–Kier alpha value is -2.64. The number of carboxylic acids is 1. The number of aliphatic carboxylic acids is 1. The fraction of sp³-hybridized carbons (Fsp3) is 0.471. The molecule has 1 fully saturated rings. The van der Waals surface area contributed by atoms with Crippen LogP contribution < -0.4 is 4.90 Å². The number of benzene rings is 1. The molecule has 1 aliphatic rings. The lowest BCUT2D eigenvalue weighted by molar-refractivity contribution is -0.143. The molecule has 0 saturated carbocycles. The number of carbonyl (C=O) groups is 3. The Labute approximate surface area is 145 Å². The van der Waals surface area contributed by atoms with E-state index < -0.39 is 29.5 Å². The van der Waals surface area contributed by atoms with Crippen LogP contribution in [0, 0.1) is 5.82 Å². The van der Waals surface area contributed by atoms with Gasteiger partial charge in [-0.2, -0.15) is 0 Å². The Morgan fingerprint density at radius 1 is 1.32 bits per heavy atom. The molecule has 136 valence electrons. The molecular weight excluding hydrogens is 331 g/mol. The van der Waals surface area contributed by atoms with Crippen molar-refractivity contribution in [3.63, 3.8) is 0 Å². The van der Waals surface area contributed by atoms with Gasteiger partial charge < -0.3 is 14.7 Å². The molecule has 0 bridgehead atoms. The van der Waals surface area contributed by atoms with Gasteiger partial charge in [0, 0.05) is 25.2 Å². The van der Waals surface area contributed by atoms with E-state index >= 15 is 0 Å². The SMILES string of the molecule is CC(C)(C)OC(=O)N1CCN(c2ccc(C=O)cc2F)CC1C(=O)O. The number of hydrogen-bond donors (Lipinski definition) is 1. The summed E-state index contributed by atoms with van der Waals surface area (Å²) in [7, 11) is 0. The van der Waals surface area contributed by atoms with E-state index in [1.54, 1.807) is 25.7 Å². The molecule has 2 rings (SSSR count). The minimum absolute atomic E-state index is 0.0774. The van der Waals surface area contributed by atoms with Crippen molar-refractivity contribution in [2.75, 3.05) is 24.5 Å². The average Bonchev–Trinajstić information content (AvgIpc) is 2.52. The topological polar surface area (TPSA) is 87.2 Å². The molecule has 0 aromatic heterocycles. The molecule has 1 N–H and O–H groups in total. The summed E-state index contributed by atoms with van der Waals surface area (Å²) in [5.74, 6) is -1.81. The van der Waals surface area contributed by atoms with Gasteiger partial charge in [0.15, 0.2) is 0 Å². The summed E-state index contributed by atoms with van der Waals surface area (Å²) in [5, 5.41) is 9.46. The smallest absolute Gasteiger partial charge is 0.411 e. The number of piperazine rings is 1. The summed E-state index contributed by atoms with van der Waals surface area (Å²) in [6, 6.07) is 2.83. The van der Waals surface area contributed by atoms with E-state index in [9.17, 15) is 23.9 Å². The van der Waals surface area contributed by atoms with Gasteiger partial charge in [0.1, 0.15) is 23.7 Å². The third kappa shape index (κ3) is 4.46. The van der Waals surface area contributed by atoms with Crippen LogP contribution >= 0.6 is 0 Å². The zero-order chi connectivity index (χ0) is 18.8. The van der Waals surface area contributed by atoms with Crippen molar-refractivity contribution in [3.8, 4) is 0 Å². The van der Waals surface area contributed by atoms with Crippen LogP contribution in [0.1, 0.15) is 31.1 Å². The number of hydrogen-bond acceptors (Lipinski definition) is 5. The van der Waals surface area contributed by atoms with Gasteiger partial charge in [-0.25, -0.2) is 14.0 Å². The number of nitrogens with zero attached hydrogens (tertiary/aromatic N) is 2. The Kier molecular flexibility index (Phi) is 5.30. The standard InChI is InChI=1S/C17H21FN2O5/c1-17(2,3)25-16(24)20-7-6-19(9-14(20)15(22)23)13-5-4-11(10-21)8-12(13)18/h4-5,8,10,14H,6-7,9H2,1-3H3,(H,22,23). The summed E-state index contributed by atoms with van der Waals surface area (Å²) in [6.07, 6.45) is -0.177. The highest BCUT2D eigenvalue weighted by Gasteiger charge is 2.38. The van der Waals surface area contributed by atoms with Crippen molar-refractivity contribution in [2.24, 2.45) is 0 Å². The largest absolute Gasteiger partial charge is 0.480 e. The molecule has 0 radical (unpaired) electrons. The first-order chi connectivity index (χ1) is 11.6. The second-order valence-corrected chi connectivity index (χ2v) is 6.80. The predicted molar refractivity (Wildman–Crippen MR) is 88.4 cm³/mol. The quantitative estimate of drug-likeness (QED) is 0.839. The molecule has 1 heterocycles. The van der Waals surface area contributed by atoms with Gasteiger partial charge in [-0.1, -0.05) is 0 Å². The van der Waals surface area contributed by atoms with Crippen LogP contribution in [-0.4, -0.2) is 59.6 Å². The van der Waals surface area contributed by atoms with Crippen molar-refractivity contribution in [2.45, 2.75) is 32.4 Å². The van der Waals surface area contributed by atoms with Crippen LogP contribution in [0.3, 0.4) is 0 Å². The van der Waals surface area contributed by atoms with Crippen molar-refractivity contribution in [1.29, 1.82) is 0 Å². The number of amides is 1. The summed E-state index contributed by atoms with van der Waals surface area (Å²) in [5.41, 5.74) is -0.349. The van der Waals surface area contributed by atoms with E-state index in [2.05, 4.69) is 0 Å². The number of carbonyl (C=O) groups excluding carboxylic acids is 2. The highest BCUT2D eigenvalue weighted by Crippen LogP contribution is 2.24. The van der Waals surface area contributed by atoms with Gasteiger partial charge in [-0.15, -0.1) is 0 Å². The molecule has 1 aliphatic heterocycles. The van der Waals surface area contributed by atoms with Crippen LogP contribution in [-0.2, 0) is 9.53 Å². The molecular formula is C17H21FN2O5. The van der Waals surface area contributed by atoms with E-state index in [-0.39, 0.29) is 30.9 Å². The fourth-order valence-corrected chi connectivity index (χ4v) is 2.61.